The molecular weight excluding hydrogens is 352 g/mol. The van der Waals surface area contributed by atoms with E-state index in [-0.39, 0.29) is 12.7 Å². The van der Waals surface area contributed by atoms with Crippen molar-refractivity contribution in [2.45, 2.75) is 13.5 Å². The number of benzene rings is 2. The van der Waals surface area contributed by atoms with Gasteiger partial charge in [-0.2, -0.15) is 0 Å². The van der Waals surface area contributed by atoms with Crippen molar-refractivity contribution in [1.82, 2.24) is 9.80 Å². The summed E-state index contributed by atoms with van der Waals surface area (Å²) >= 11 is 6.20. The van der Waals surface area contributed by atoms with Crippen LogP contribution in [0.4, 0.5) is 0 Å². The first-order valence-corrected chi connectivity index (χ1v) is 9.15. The number of carbonyl (C=O) groups is 1. The van der Waals surface area contributed by atoms with Gasteiger partial charge >= 0.3 is 0 Å². The molecule has 6 heteroatoms. The van der Waals surface area contributed by atoms with Gasteiger partial charge in [-0.1, -0.05) is 35.9 Å². The highest BCUT2D eigenvalue weighted by molar-refractivity contribution is 6.32. The van der Waals surface area contributed by atoms with Gasteiger partial charge in [-0.3, -0.25) is 9.69 Å². The Morgan fingerprint density at radius 2 is 1.88 bits per heavy atom. The summed E-state index contributed by atoms with van der Waals surface area (Å²) < 4.78 is 10.7. The Bertz CT molecular complexity index is 832. The molecule has 2 aliphatic rings. The molecular formula is C20H21ClN2O3. The predicted molar refractivity (Wildman–Crippen MR) is 99.9 cm³/mol. The molecule has 2 aromatic carbocycles. The number of halogens is 1. The molecule has 136 valence electrons. The maximum Gasteiger partial charge on any atom is 0.254 e. The second kappa shape index (κ2) is 7.17. The fourth-order valence-electron chi connectivity index (χ4n) is 3.41. The molecule has 0 aromatic heterocycles. The monoisotopic (exact) mass is 372 g/mol. The molecule has 0 bridgehead atoms. The summed E-state index contributed by atoms with van der Waals surface area (Å²) in [6, 6.07) is 11.8. The molecule has 1 fully saturated rings. The van der Waals surface area contributed by atoms with Crippen LogP contribution in [0.3, 0.4) is 0 Å². The van der Waals surface area contributed by atoms with E-state index in [1.54, 1.807) is 12.1 Å². The average Bonchev–Trinajstić information content (AvgIpc) is 3.13. The smallest absolute Gasteiger partial charge is 0.254 e. The highest BCUT2D eigenvalue weighted by Gasteiger charge is 2.26. The number of aryl methyl sites for hydroxylation is 1. The van der Waals surface area contributed by atoms with Crippen molar-refractivity contribution >= 4 is 17.5 Å². The van der Waals surface area contributed by atoms with Crippen LogP contribution in [0.25, 0.3) is 0 Å². The molecule has 0 radical (unpaired) electrons. The lowest BCUT2D eigenvalue weighted by Gasteiger charge is -2.35. The molecule has 0 N–H and O–H groups in total. The van der Waals surface area contributed by atoms with Crippen LogP contribution >= 0.6 is 11.6 Å². The van der Waals surface area contributed by atoms with E-state index >= 15 is 0 Å². The van der Waals surface area contributed by atoms with Gasteiger partial charge in [0.15, 0.2) is 11.5 Å². The van der Waals surface area contributed by atoms with Crippen LogP contribution in [-0.4, -0.2) is 48.7 Å². The lowest BCUT2D eigenvalue weighted by Crippen LogP contribution is -2.48. The lowest BCUT2D eigenvalue weighted by molar-refractivity contribution is 0.0628. The van der Waals surface area contributed by atoms with Crippen molar-refractivity contribution in [2.24, 2.45) is 0 Å². The van der Waals surface area contributed by atoms with Crippen LogP contribution < -0.4 is 9.47 Å². The summed E-state index contributed by atoms with van der Waals surface area (Å²) in [5.41, 5.74) is 3.20. The lowest BCUT2D eigenvalue weighted by atomic mass is 10.1. The summed E-state index contributed by atoms with van der Waals surface area (Å²) in [5, 5.41) is 0.418. The molecule has 0 unspecified atom stereocenters. The van der Waals surface area contributed by atoms with Crippen LogP contribution in [0, 0.1) is 6.92 Å². The molecule has 2 aliphatic heterocycles. The number of piperazine rings is 1. The first-order valence-electron chi connectivity index (χ1n) is 8.77. The zero-order valence-electron chi connectivity index (χ0n) is 14.7. The number of ether oxygens (including phenoxy) is 2. The highest BCUT2D eigenvalue weighted by atomic mass is 35.5. The first-order chi connectivity index (χ1) is 12.6. The van der Waals surface area contributed by atoms with Gasteiger partial charge in [-0.15, -0.1) is 0 Å². The molecule has 0 spiro atoms. The van der Waals surface area contributed by atoms with Gasteiger partial charge in [-0.25, -0.2) is 0 Å². The third-order valence-corrected chi connectivity index (χ3v) is 5.27. The van der Waals surface area contributed by atoms with Gasteiger partial charge in [0.1, 0.15) is 0 Å². The summed E-state index contributed by atoms with van der Waals surface area (Å²) in [5.74, 6) is 1.05. The summed E-state index contributed by atoms with van der Waals surface area (Å²) in [6.45, 7) is 6.33. The molecule has 2 heterocycles. The van der Waals surface area contributed by atoms with Gasteiger partial charge < -0.3 is 14.4 Å². The zero-order chi connectivity index (χ0) is 18.1. The number of hydrogen-bond donors (Lipinski definition) is 0. The minimum absolute atomic E-state index is 0.0132. The van der Waals surface area contributed by atoms with Crippen molar-refractivity contribution in [1.29, 1.82) is 0 Å². The molecule has 0 atom stereocenters. The van der Waals surface area contributed by atoms with E-state index in [2.05, 4.69) is 36.1 Å². The highest BCUT2D eigenvalue weighted by Crippen LogP contribution is 2.40. The fraction of sp³-hybridized carbons (Fsp3) is 0.350. The average molecular weight is 373 g/mol. The van der Waals surface area contributed by atoms with Gasteiger partial charge in [0.25, 0.3) is 5.91 Å². The maximum atomic E-state index is 12.8. The van der Waals surface area contributed by atoms with Gasteiger partial charge in [0, 0.05) is 38.3 Å². The Labute approximate surface area is 158 Å². The molecule has 1 saturated heterocycles. The summed E-state index contributed by atoms with van der Waals surface area (Å²) in [4.78, 5) is 17.1. The summed E-state index contributed by atoms with van der Waals surface area (Å²) in [6.07, 6.45) is 0. The van der Waals surface area contributed by atoms with Crippen molar-refractivity contribution in [3.8, 4) is 11.5 Å². The third kappa shape index (κ3) is 3.37. The van der Waals surface area contributed by atoms with Gasteiger partial charge in [0.05, 0.1) is 5.02 Å². The Kier molecular flexibility index (Phi) is 4.74. The summed E-state index contributed by atoms with van der Waals surface area (Å²) in [7, 11) is 0. The molecule has 0 saturated carbocycles. The molecule has 5 nitrogen and oxygen atoms in total. The van der Waals surface area contributed by atoms with Crippen molar-refractivity contribution < 1.29 is 14.3 Å². The van der Waals surface area contributed by atoms with E-state index in [0.717, 1.165) is 19.6 Å². The Morgan fingerprint density at radius 3 is 2.65 bits per heavy atom. The molecule has 4 rings (SSSR count). The maximum absolute atomic E-state index is 12.8. The zero-order valence-corrected chi connectivity index (χ0v) is 15.5. The number of fused-ring (bicyclic) bond motifs is 1. The van der Waals surface area contributed by atoms with Crippen LogP contribution in [0.1, 0.15) is 21.5 Å². The number of hydrogen-bond acceptors (Lipinski definition) is 4. The first kappa shape index (κ1) is 17.2. The minimum Gasteiger partial charge on any atom is -0.454 e. The normalized spacial score (nSPS) is 16.8. The van der Waals surface area contributed by atoms with E-state index in [0.29, 0.717) is 35.2 Å². The van der Waals surface area contributed by atoms with Crippen molar-refractivity contribution in [3.63, 3.8) is 0 Å². The number of carbonyl (C=O) groups excluding carboxylic acids is 1. The Morgan fingerprint density at radius 1 is 1.12 bits per heavy atom. The molecule has 2 aromatic rings. The topological polar surface area (TPSA) is 42.0 Å². The fourth-order valence-corrected chi connectivity index (χ4v) is 3.68. The number of nitrogens with zero attached hydrogens (tertiary/aromatic N) is 2. The Balaban J connectivity index is 1.40. The van der Waals surface area contributed by atoms with Crippen molar-refractivity contribution in [2.75, 3.05) is 33.0 Å². The van der Waals surface area contributed by atoms with Crippen LogP contribution in [-0.2, 0) is 6.54 Å². The third-order valence-electron chi connectivity index (χ3n) is 4.99. The second-order valence-corrected chi connectivity index (χ2v) is 7.09. The quantitative estimate of drug-likeness (QED) is 0.828. The Hall–Kier alpha value is -2.24. The van der Waals surface area contributed by atoms with Crippen molar-refractivity contribution in [3.05, 3.63) is 58.1 Å². The number of amides is 1. The SMILES string of the molecule is Cc1ccccc1CN1CCN(C(=O)c2cc(Cl)c3c(c2)OCO3)CC1. The predicted octanol–water partition coefficient (Wildman–Crippen LogP) is 3.34. The molecule has 1 amide bonds. The van der Waals surface area contributed by atoms with E-state index in [4.69, 9.17) is 21.1 Å². The van der Waals surface area contributed by atoms with E-state index in [1.165, 1.54) is 11.1 Å². The van der Waals surface area contributed by atoms with E-state index in [1.807, 2.05) is 4.90 Å². The van der Waals surface area contributed by atoms with E-state index in [9.17, 15) is 4.79 Å². The van der Waals surface area contributed by atoms with Crippen LogP contribution in [0.15, 0.2) is 36.4 Å². The second-order valence-electron chi connectivity index (χ2n) is 6.69. The minimum atomic E-state index is -0.0132. The van der Waals surface area contributed by atoms with E-state index < -0.39 is 0 Å². The van der Waals surface area contributed by atoms with Gasteiger partial charge in [-0.05, 0) is 30.2 Å². The van der Waals surface area contributed by atoms with Crippen LogP contribution in [0.2, 0.25) is 5.02 Å². The molecule has 0 aliphatic carbocycles. The van der Waals surface area contributed by atoms with Gasteiger partial charge in [0.2, 0.25) is 6.79 Å². The molecule has 26 heavy (non-hydrogen) atoms. The largest absolute Gasteiger partial charge is 0.454 e. The number of rotatable bonds is 3. The van der Waals surface area contributed by atoms with Crippen LogP contribution in [0.5, 0.6) is 11.5 Å². The standard InChI is InChI=1S/C20H21ClN2O3/c1-14-4-2-3-5-15(14)12-22-6-8-23(9-7-22)20(24)16-10-17(21)19-18(11-16)25-13-26-19/h2-5,10-11H,6-9,12-13H2,1H3.